The van der Waals surface area contributed by atoms with E-state index in [0.29, 0.717) is 11.4 Å². The largest absolute Gasteiger partial charge is 0.332 e. The zero-order valence-electron chi connectivity index (χ0n) is 17.5. The molecule has 3 rings (SSSR count). The van der Waals surface area contributed by atoms with E-state index in [0.717, 1.165) is 28.2 Å². The van der Waals surface area contributed by atoms with Crippen molar-refractivity contribution in [3.8, 4) is 5.69 Å². The number of amides is 2. The molecule has 1 aromatic carbocycles. The lowest BCUT2D eigenvalue weighted by atomic mass is 10.1. The normalized spacial score (nSPS) is 10.7. The summed E-state index contributed by atoms with van der Waals surface area (Å²) in [5.74, 6) is -0.0179. The molecule has 0 fully saturated rings. The average Bonchev–Trinajstić information content (AvgIpc) is 2.99. The number of nitrogens with zero attached hydrogens (tertiary/aromatic N) is 3. The third kappa shape index (κ3) is 4.54. The molecule has 2 heterocycles. The lowest BCUT2D eigenvalue weighted by Crippen LogP contribution is -2.35. The van der Waals surface area contributed by atoms with Gasteiger partial charge in [0.2, 0.25) is 5.91 Å². The lowest BCUT2D eigenvalue weighted by Gasteiger charge is -2.21. The number of carbonyl (C=O) groups excluding carboxylic acids is 2. The SMILES string of the molecule is Cc1ccnc(NC(=O)CN(C)C(=O)c2cc(C)ccc2-n2c(C)ccc2C)c1. The minimum absolute atomic E-state index is 0.0640. The summed E-state index contributed by atoms with van der Waals surface area (Å²) in [4.78, 5) is 31.2. The highest BCUT2D eigenvalue weighted by Crippen LogP contribution is 2.23. The van der Waals surface area contributed by atoms with Crippen LogP contribution in [0.1, 0.15) is 32.9 Å². The highest BCUT2D eigenvalue weighted by Gasteiger charge is 2.20. The van der Waals surface area contributed by atoms with E-state index in [2.05, 4.69) is 14.9 Å². The van der Waals surface area contributed by atoms with Crippen molar-refractivity contribution in [3.63, 3.8) is 0 Å². The van der Waals surface area contributed by atoms with Gasteiger partial charge in [-0.2, -0.15) is 0 Å². The Balaban J connectivity index is 1.82. The number of benzene rings is 1. The first kappa shape index (κ1) is 20.3. The van der Waals surface area contributed by atoms with Crippen molar-refractivity contribution in [2.45, 2.75) is 27.7 Å². The Morgan fingerprint density at radius 1 is 0.966 bits per heavy atom. The van der Waals surface area contributed by atoms with E-state index in [9.17, 15) is 9.59 Å². The summed E-state index contributed by atoms with van der Waals surface area (Å²) in [7, 11) is 1.63. The minimum atomic E-state index is -0.290. The van der Waals surface area contributed by atoms with Crippen LogP contribution < -0.4 is 5.32 Å². The van der Waals surface area contributed by atoms with E-state index in [-0.39, 0.29) is 18.4 Å². The van der Waals surface area contributed by atoms with Crippen molar-refractivity contribution in [3.05, 3.63) is 76.7 Å². The Labute approximate surface area is 171 Å². The second kappa shape index (κ2) is 8.31. The molecule has 1 N–H and O–H groups in total. The van der Waals surface area contributed by atoms with Crippen molar-refractivity contribution in [1.82, 2.24) is 14.5 Å². The number of likely N-dealkylation sites (N-methyl/N-ethyl adjacent to an activating group) is 1. The molecular formula is C23H26N4O2. The molecule has 3 aromatic rings. The van der Waals surface area contributed by atoms with Crippen LogP contribution in [0.4, 0.5) is 5.82 Å². The first-order valence-corrected chi connectivity index (χ1v) is 9.50. The Morgan fingerprint density at radius 3 is 2.28 bits per heavy atom. The molecule has 0 saturated carbocycles. The maximum Gasteiger partial charge on any atom is 0.256 e. The van der Waals surface area contributed by atoms with Crippen LogP contribution in [0.15, 0.2) is 48.7 Å². The quantitative estimate of drug-likeness (QED) is 0.720. The molecule has 0 aliphatic rings. The molecule has 0 bridgehead atoms. The van der Waals surface area contributed by atoms with Crippen LogP contribution in [0.25, 0.3) is 5.69 Å². The predicted molar refractivity (Wildman–Crippen MR) is 115 cm³/mol. The number of nitrogens with one attached hydrogen (secondary N) is 1. The molecular weight excluding hydrogens is 364 g/mol. The Bertz CT molecular complexity index is 1050. The smallest absolute Gasteiger partial charge is 0.256 e. The second-order valence-corrected chi connectivity index (χ2v) is 7.40. The Morgan fingerprint density at radius 2 is 1.62 bits per heavy atom. The van der Waals surface area contributed by atoms with Gasteiger partial charge in [0, 0.05) is 24.6 Å². The van der Waals surface area contributed by atoms with Crippen LogP contribution in [0.2, 0.25) is 0 Å². The van der Waals surface area contributed by atoms with Crippen molar-refractivity contribution < 1.29 is 9.59 Å². The number of aromatic nitrogens is 2. The molecule has 6 heteroatoms. The molecule has 0 unspecified atom stereocenters. The number of rotatable bonds is 5. The molecule has 0 aliphatic heterocycles. The fourth-order valence-electron chi connectivity index (χ4n) is 3.34. The predicted octanol–water partition coefficient (Wildman–Crippen LogP) is 3.82. The summed E-state index contributed by atoms with van der Waals surface area (Å²) in [6.07, 6.45) is 1.64. The molecule has 6 nitrogen and oxygen atoms in total. The number of pyridine rings is 1. The average molecular weight is 390 g/mol. The van der Waals surface area contributed by atoms with E-state index in [1.807, 2.05) is 64.1 Å². The molecule has 0 atom stereocenters. The highest BCUT2D eigenvalue weighted by atomic mass is 16.2. The van der Waals surface area contributed by atoms with Crippen molar-refractivity contribution in [2.75, 3.05) is 18.9 Å². The van der Waals surface area contributed by atoms with Crippen molar-refractivity contribution in [2.24, 2.45) is 0 Å². The van der Waals surface area contributed by atoms with Crippen molar-refractivity contribution >= 4 is 17.6 Å². The van der Waals surface area contributed by atoms with Gasteiger partial charge in [-0.25, -0.2) is 4.98 Å². The van der Waals surface area contributed by atoms with E-state index in [1.165, 1.54) is 4.90 Å². The van der Waals surface area contributed by atoms with Gasteiger partial charge in [-0.1, -0.05) is 11.6 Å². The first-order chi connectivity index (χ1) is 13.8. The van der Waals surface area contributed by atoms with Gasteiger partial charge >= 0.3 is 0 Å². The van der Waals surface area contributed by atoms with Crippen molar-refractivity contribution in [1.29, 1.82) is 0 Å². The zero-order chi connectivity index (χ0) is 21.1. The highest BCUT2D eigenvalue weighted by molar-refractivity contribution is 6.01. The number of anilines is 1. The number of hydrogen-bond acceptors (Lipinski definition) is 3. The van der Waals surface area contributed by atoms with E-state index >= 15 is 0 Å². The summed E-state index contributed by atoms with van der Waals surface area (Å²) in [5, 5.41) is 2.74. The van der Waals surface area contributed by atoms with Crippen LogP contribution in [0.5, 0.6) is 0 Å². The van der Waals surface area contributed by atoms with Gasteiger partial charge in [0.1, 0.15) is 5.82 Å². The molecule has 0 aliphatic carbocycles. The standard InChI is InChI=1S/C23H26N4O2/c1-15-6-9-20(27-17(3)7-8-18(27)4)19(12-15)23(29)26(5)14-22(28)25-21-13-16(2)10-11-24-21/h6-13H,14H2,1-5H3,(H,24,25,28). The van der Waals surface area contributed by atoms with Crippen LogP contribution in [-0.4, -0.2) is 39.9 Å². The topological polar surface area (TPSA) is 67.2 Å². The van der Waals surface area contributed by atoms with Gasteiger partial charge in [0.05, 0.1) is 17.8 Å². The third-order valence-electron chi connectivity index (χ3n) is 4.80. The zero-order valence-corrected chi connectivity index (χ0v) is 17.5. The van der Waals surface area contributed by atoms with Crippen LogP contribution >= 0.6 is 0 Å². The van der Waals surface area contributed by atoms with Gasteiger partial charge in [0.25, 0.3) is 5.91 Å². The lowest BCUT2D eigenvalue weighted by molar-refractivity contribution is -0.116. The summed E-state index contributed by atoms with van der Waals surface area (Å²) in [6.45, 7) is 7.83. The maximum atomic E-state index is 13.2. The molecule has 29 heavy (non-hydrogen) atoms. The van der Waals surface area contributed by atoms with E-state index < -0.39 is 0 Å². The van der Waals surface area contributed by atoms with Gasteiger partial charge in [0.15, 0.2) is 0 Å². The first-order valence-electron chi connectivity index (χ1n) is 9.50. The second-order valence-electron chi connectivity index (χ2n) is 7.40. The fourth-order valence-corrected chi connectivity index (χ4v) is 3.34. The molecule has 0 saturated heterocycles. The fraction of sp³-hybridized carbons (Fsp3) is 0.261. The Kier molecular flexibility index (Phi) is 5.82. The minimum Gasteiger partial charge on any atom is -0.332 e. The van der Waals surface area contributed by atoms with Crippen LogP contribution in [0, 0.1) is 27.7 Å². The van der Waals surface area contributed by atoms with E-state index in [1.54, 1.807) is 19.3 Å². The third-order valence-corrected chi connectivity index (χ3v) is 4.80. The molecule has 150 valence electrons. The maximum absolute atomic E-state index is 13.2. The van der Waals surface area contributed by atoms with Gasteiger partial charge < -0.3 is 14.8 Å². The molecule has 0 spiro atoms. The van der Waals surface area contributed by atoms with Gasteiger partial charge in [-0.15, -0.1) is 0 Å². The van der Waals surface area contributed by atoms with Gasteiger partial charge in [-0.05, 0) is 69.7 Å². The Hall–Kier alpha value is -3.41. The number of hydrogen-bond donors (Lipinski definition) is 1. The molecule has 2 aromatic heterocycles. The summed E-state index contributed by atoms with van der Waals surface area (Å²) < 4.78 is 2.05. The summed E-state index contributed by atoms with van der Waals surface area (Å²) in [5.41, 5.74) is 5.46. The molecule has 2 amide bonds. The van der Waals surface area contributed by atoms with E-state index in [4.69, 9.17) is 0 Å². The number of aryl methyl sites for hydroxylation is 4. The van der Waals surface area contributed by atoms with Gasteiger partial charge in [-0.3, -0.25) is 9.59 Å². The summed E-state index contributed by atoms with van der Waals surface area (Å²) in [6, 6.07) is 13.5. The van der Waals surface area contributed by atoms with Crippen LogP contribution in [0.3, 0.4) is 0 Å². The number of carbonyl (C=O) groups is 2. The summed E-state index contributed by atoms with van der Waals surface area (Å²) >= 11 is 0. The molecule has 0 radical (unpaired) electrons. The monoisotopic (exact) mass is 390 g/mol. The van der Waals surface area contributed by atoms with Crippen LogP contribution in [-0.2, 0) is 4.79 Å².